The maximum Gasteiger partial charge on any atom is 0.416 e. The number of sulfonamides is 1. The summed E-state index contributed by atoms with van der Waals surface area (Å²) in [5, 5.41) is 2.77. The molecule has 0 aromatic heterocycles. The third kappa shape index (κ3) is 5.07. The van der Waals surface area contributed by atoms with Gasteiger partial charge in [0.15, 0.2) is 0 Å². The van der Waals surface area contributed by atoms with Crippen molar-refractivity contribution in [2.24, 2.45) is 0 Å². The number of amides is 1. The van der Waals surface area contributed by atoms with Crippen LogP contribution in [-0.4, -0.2) is 37.8 Å². The topological polar surface area (TPSA) is 66.5 Å². The van der Waals surface area contributed by atoms with Crippen LogP contribution < -0.4 is 5.32 Å². The zero-order valence-electron chi connectivity index (χ0n) is 14.1. The standard InChI is InChI=1S/C17H21F3N2O3S/c1-2-10-22(12-16(23)21-14-7-3-4-8-14)26(24,25)15-9-5-6-13(11-15)17(18,19)20/h2,5-6,9,11,14H,1,3-4,7-8,10,12H2,(H,21,23). The van der Waals surface area contributed by atoms with E-state index in [2.05, 4.69) is 11.9 Å². The second kappa shape index (κ2) is 8.22. The van der Waals surface area contributed by atoms with Gasteiger partial charge in [0.05, 0.1) is 17.0 Å². The lowest BCUT2D eigenvalue weighted by Gasteiger charge is -2.22. The molecule has 1 N–H and O–H groups in total. The first-order valence-electron chi connectivity index (χ1n) is 8.22. The number of alkyl halides is 3. The highest BCUT2D eigenvalue weighted by atomic mass is 32.2. The molecule has 0 atom stereocenters. The van der Waals surface area contributed by atoms with Crippen molar-refractivity contribution in [2.75, 3.05) is 13.1 Å². The molecule has 1 fully saturated rings. The zero-order valence-corrected chi connectivity index (χ0v) is 14.9. The van der Waals surface area contributed by atoms with E-state index in [9.17, 15) is 26.4 Å². The summed E-state index contributed by atoms with van der Waals surface area (Å²) in [5.74, 6) is -0.477. The summed E-state index contributed by atoms with van der Waals surface area (Å²) in [4.78, 5) is 11.6. The van der Waals surface area contributed by atoms with Crippen molar-refractivity contribution in [3.8, 4) is 0 Å². The molecule has 9 heteroatoms. The summed E-state index contributed by atoms with van der Waals surface area (Å²) in [6.07, 6.45) is 0.317. The SMILES string of the molecule is C=CCN(CC(=O)NC1CCCC1)S(=O)(=O)c1cccc(C(F)(F)F)c1. The van der Waals surface area contributed by atoms with Crippen LogP contribution in [0.2, 0.25) is 0 Å². The molecule has 0 heterocycles. The van der Waals surface area contributed by atoms with Crippen molar-refractivity contribution in [2.45, 2.75) is 42.8 Å². The van der Waals surface area contributed by atoms with Crippen molar-refractivity contribution in [3.63, 3.8) is 0 Å². The minimum absolute atomic E-state index is 0.0179. The predicted molar refractivity (Wildman–Crippen MR) is 90.8 cm³/mol. The van der Waals surface area contributed by atoms with Crippen LogP contribution in [0.25, 0.3) is 0 Å². The first-order valence-corrected chi connectivity index (χ1v) is 9.66. The maximum atomic E-state index is 12.9. The van der Waals surface area contributed by atoms with Crippen molar-refractivity contribution in [3.05, 3.63) is 42.5 Å². The molecule has 144 valence electrons. The molecular weight excluding hydrogens is 369 g/mol. The Morgan fingerprint density at radius 1 is 1.31 bits per heavy atom. The number of carbonyl (C=O) groups excluding carboxylic acids is 1. The predicted octanol–water partition coefficient (Wildman–Crippen LogP) is 2.94. The smallest absolute Gasteiger partial charge is 0.352 e. The van der Waals surface area contributed by atoms with E-state index >= 15 is 0 Å². The molecule has 0 saturated heterocycles. The molecule has 1 saturated carbocycles. The number of hydrogen-bond donors (Lipinski definition) is 1. The molecule has 1 aromatic rings. The first-order chi connectivity index (χ1) is 12.1. The van der Waals surface area contributed by atoms with Gasteiger partial charge < -0.3 is 5.32 Å². The third-order valence-corrected chi connectivity index (χ3v) is 5.98. The summed E-state index contributed by atoms with van der Waals surface area (Å²) >= 11 is 0. The van der Waals surface area contributed by atoms with Crippen molar-refractivity contribution >= 4 is 15.9 Å². The Morgan fingerprint density at radius 3 is 2.54 bits per heavy atom. The van der Waals surface area contributed by atoms with Gasteiger partial charge in [-0.25, -0.2) is 8.42 Å². The van der Waals surface area contributed by atoms with E-state index in [1.165, 1.54) is 6.08 Å². The molecule has 26 heavy (non-hydrogen) atoms. The van der Waals surface area contributed by atoms with Crippen LogP contribution in [-0.2, 0) is 21.0 Å². The molecule has 5 nitrogen and oxygen atoms in total. The average molecular weight is 390 g/mol. The van der Waals surface area contributed by atoms with E-state index in [0.717, 1.165) is 48.2 Å². The van der Waals surface area contributed by atoms with Gasteiger partial charge in [-0.3, -0.25) is 4.79 Å². The second-order valence-electron chi connectivity index (χ2n) is 6.16. The molecular formula is C17H21F3N2O3S. The van der Waals surface area contributed by atoms with Crippen LogP contribution >= 0.6 is 0 Å². The van der Waals surface area contributed by atoms with Crippen molar-refractivity contribution in [1.82, 2.24) is 9.62 Å². The Morgan fingerprint density at radius 2 is 1.96 bits per heavy atom. The molecule has 0 bridgehead atoms. The minimum Gasteiger partial charge on any atom is -0.352 e. The van der Waals surface area contributed by atoms with E-state index < -0.39 is 39.1 Å². The molecule has 1 aliphatic carbocycles. The normalized spacial score (nSPS) is 16.0. The number of hydrogen-bond acceptors (Lipinski definition) is 3. The van der Waals surface area contributed by atoms with Gasteiger partial charge in [-0.2, -0.15) is 17.5 Å². The summed E-state index contributed by atoms with van der Waals surface area (Å²) in [5.41, 5.74) is -1.06. The highest BCUT2D eigenvalue weighted by Gasteiger charge is 2.33. The molecule has 0 radical (unpaired) electrons. The maximum absolute atomic E-state index is 12.9. The number of benzene rings is 1. The van der Waals surface area contributed by atoms with Gasteiger partial charge in [0.25, 0.3) is 0 Å². The Kier molecular flexibility index (Phi) is 6.46. The van der Waals surface area contributed by atoms with Crippen LogP contribution in [0.3, 0.4) is 0 Å². The van der Waals surface area contributed by atoms with Crippen LogP contribution in [0.5, 0.6) is 0 Å². The van der Waals surface area contributed by atoms with Crippen molar-refractivity contribution in [1.29, 1.82) is 0 Å². The average Bonchev–Trinajstić information content (AvgIpc) is 3.06. The molecule has 2 rings (SSSR count). The summed E-state index contributed by atoms with van der Waals surface area (Å²) in [6, 6.07) is 3.49. The Balaban J connectivity index is 2.21. The lowest BCUT2D eigenvalue weighted by Crippen LogP contribution is -2.43. The number of nitrogens with one attached hydrogen (secondary N) is 1. The third-order valence-electron chi connectivity index (χ3n) is 4.17. The lowest BCUT2D eigenvalue weighted by atomic mass is 10.2. The van der Waals surface area contributed by atoms with Crippen LogP contribution in [0.4, 0.5) is 13.2 Å². The van der Waals surface area contributed by atoms with Gasteiger partial charge >= 0.3 is 6.18 Å². The molecule has 1 aromatic carbocycles. The van der Waals surface area contributed by atoms with Crippen LogP contribution in [0.15, 0.2) is 41.8 Å². The van der Waals surface area contributed by atoms with Crippen molar-refractivity contribution < 1.29 is 26.4 Å². The summed E-state index contributed by atoms with van der Waals surface area (Å²) in [6.45, 7) is 2.80. The number of rotatable bonds is 7. The van der Waals surface area contributed by atoms with Crippen LogP contribution in [0, 0.1) is 0 Å². The van der Waals surface area contributed by atoms with Gasteiger partial charge in [-0.05, 0) is 31.0 Å². The lowest BCUT2D eigenvalue weighted by molar-refractivity contribution is -0.137. The molecule has 0 aliphatic heterocycles. The molecule has 0 spiro atoms. The highest BCUT2D eigenvalue weighted by Crippen LogP contribution is 2.31. The van der Waals surface area contributed by atoms with E-state index in [0.29, 0.717) is 6.07 Å². The Labute approximate surface area is 150 Å². The fraction of sp³-hybridized carbons (Fsp3) is 0.471. The van der Waals surface area contributed by atoms with Gasteiger partial charge in [0, 0.05) is 12.6 Å². The monoisotopic (exact) mass is 390 g/mol. The molecule has 1 aliphatic rings. The van der Waals surface area contributed by atoms with Gasteiger partial charge in [-0.15, -0.1) is 6.58 Å². The number of halogens is 3. The van der Waals surface area contributed by atoms with Crippen LogP contribution in [0.1, 0.15) is 31.2 Å². The van der Waals surface area contributed by atoms with Gasteiger partial charge in [0.1, 0.15) is 0 Å². The van der Waals surface area contributed by atoms with Gasteiger partial charge in [0.2, 0.25) is 15.9 Å². The summed E-state index contributed by atoms with van der Waals surface area (Å²) in [7, 11) is -4.27. The largest absolute Gasteiger partial charge is 0.416 e. The quantitative estimate of drug-likeness (QED) is 0.728. The Hall–Kier alpha value is -1.87. The minimum atomic E-state index is -4.66. The van der Waals surface area contributed by atoms with E-state index in [4.69, 9.17) is 0 Å². The highest BCUT2D eigenvalue weighted by molar-refractivity contribution is 7.89. The molecule has 0 unspecified atom stereocenters. The molecule has 1 amide bonds. The second-order valence-corrected chi connectivity index (χ2v) is 8.10. The van der Waals surface area contributed by atoms with Gasteiger partial charge in [-0.1, -0.05) is 25.0 Å². The van der Waals surface area contributed by atoms with E-state index in [-0.39, 0.29) is 12.6 Å². The van der Waals surface area contributed by atoms with E-state index in [1.54, 1.807) is 0 Å². The fourth-order valence-electron chi connectivity index (χ4n) is 2.88. The number of nitrogens with zero attached hydrogens (tertiary/aromatic N) is 1. The zero-order chi connectivity index (χ0) is 19.4. The number of carbonyl (C=O) groups is 1. The fourth-order valence-corrected chi connectivity index (χ4v) is 4.29. The van der Waals surface area contributed by atoms with E-state index in [1.807, 2.05) is 0 Å². The first kappa shape index (κ1) is 20.4. The Bertz CT molecular complexity index is 757. The summed E-state index contributed by atoms with van der Waals surface area (Å²) < 4.78 is 64.8.